The molecule has 1 saturated heterocycles. The number of carbonyl (C=O) groups excluding carboxylic acids is 3. The molecule has 0 radical (unpaired) electrons. The number of thiophene rings is 1. The van der Waals surface area contributed by atoms with E-state index in [-0.39, 0.29) is 5.78 Å². The zero-order valence-electron chi connectivity index (χ0n) is 24.8. The lowest BCUT2D eigenvalue weighted by atomic mass is 9.97. The van der Waals surface area contributed by atoms with Gasteiger partial charge in [-0.2, -0.15) is 0 Å². The van der Waals surface area contributed by atoms with Crippen LogP contribution in [0.2, 0.25) is 10.0 Å². The second kappa shape index (κ2) is 12.9. The van der Waals surface area contributed by atoms with Gasteiger partial charge in [-0.05, 0) is 65.2 Å². The molecule has 0 saturated carbocycles. The second-order valence-corrected chi connectivity index (χ2v) is 13.3. The predicted octanol–water partition coefficient (Wildman–Crippen LogP) is 8.07. The number of nitrogens with zero attached hydrogens (tertiary/aromatic N) is 3. The fraction of sp³-hybridized carbons (Fsp3) is 0.162. The maximum Gasteiger partial charge on any atom is 0.266 e. The summed E-state index contributed by atoms with van der Waals surface area (Å²) in [7, 11) is 0. The molecule has 5 aromatic rings. The minimum absolute atomic E-state index is 0.266. The number of fused-ring (bicyclic) bond motifs is 1. The molecule has 2 amide bonds. The number of hydrogen-bond donors (Lipinski definition) is 0. The molecule has 2 aliphatic rings. The molecule has 6 nitrogen and oxygen atoms in total. The summed E-state index contributed by atoms with van der Waals surface area (Å²) in [6.45, 7) is 4.72. The Morgan fingerprint density at radius 3 is 1.76 bits per heavy atom. The molecule has 4 aromatic carbocycles. The molecule has 0 N–H and O–H groups in total. The molecule has 2 aliphatic heterocycles. The fourth-order valence-corrected chi connectivity index (χ4v) is 7.68. The Morgan fingerprint density at radius 1 is 0.652 bits per heavy atom. The lowest BCUT2D eigenvalue weighted by Crippen LogP contribution is -2.45. The van der Waals surface area contributed by atoms with Crippen LogP contribution in [0.1, 0.15) is 47.8 Å². The van der Waals surface area contributed by atoms with Gasteiger partial charge in [-0.15, -0.1) is 11.3 Å². The molecule has 46 heavy (non-hydrogen) atoms. The Hall–Kier alpha value is -4.11. The van der Waals surface area contributed by atoms with Gasteiger partial charge in [-0.3, -0.25) is 24.2 Å². The first-order chi connectivity index (χ1) is 22.4. The standard InChI is InChI=1S/C37H29Cl2N3O3S/c38-27-14-10-25(11-15-27)33(43)32-31(23-41-20-18-40(19-21-41)22-24-6-2-1-3-7-24)34(26-12-16-28(39)17-13-26)46-37(32)42-35(44)29-8-4-5-9-30(29)36(42)45/h1-17H,18-23H2. The zero-order chi connectivity index (χ0) is 31.8. The smallest absolute Gasteiger partial charge is 0.266 e. The van der Waals surface area contributed by atoms with E-state index in [4.69, 9.17) is 23.2 Å². The molecule has 1 aromatic heterocycles. The third kappa shape index (κ3) is 5.93. The van der Waals surface area contributed by atoms with Crippen molar-refractivity contribution in [3.05, 3.63) is 147 Å². The first-order valence-electron chi connectivity index (χ1n) is 15.1. The second-order valence-electron chi connectivity index (χ2n) is 11.5. The average molecular weight is 667 g/mol. The highest BCUT2D eigenvalue weighted by molar-refractivity contribution is 7.20. The average Bonchev–Trinajstić information content (AvgIpc) is 3.56. The number of hydrogen-bond acceptors (Lipinski definition) is 6. The van der Waals surface area contributed by atoms with Crippen molar-refractivity contribution in [1.29, 1.82) is 0 Å². The third-order valence-corrected chi connectivity index (χ3v) is 10.3. The number of amides is 2. The van der Waals surface area contributed by atoms with Gasteiger partial charge in [0.2, 0.25) is 0 Å². The number of piperazine rings is 1. The molecule has 7 rings (SSSR count). The van der Waals surface area contributed by atoms with Crippen LogP contribution in [-0.4, -0.2) is 53.6 Å². The lowest BCUT2D eigenvalue weighted by Gasteiger charge is -2.35. The van der Waals surface area contributed by atoms with Crippen molar-refractivity contribution < 1.29 is 14.4 Å². The molecule has 0 bridgehead atoms. The van der Waals surface area contributed by atoms with Crippen LogP contribution in [0.3, 0.4) is 0 Å². The molecule has 0 unspecified atom stereocenters. The monoisotopic (exact) mass is 665 g/mol. The van der Waals surface area contributed by atoms with Gasteiger partial charge in [0.05, 0.1) is 16.7 Å². The first kappa shape index (κ1) is 30.5. The largest absolute Gasteiger partial charge is 0.297 e. The Labute approximate surface area is 281 Å². The number of benzene rings is 4. The molecule has 0 aliphatic carbocycles. The molecule has 1 fully saturated rings. The van der Waals surface area contributed by atoms with E-state index in [1.807, 2.05) is 30.3 Å². The van der Waals surface area contributed by atoms with Gasteiger partial charge >= 0.3 is 0 Å². The number of ketones is 1. The van der Waals surface area contributed by atoms with E-state index in [0.717, 1.165) is 48.7 Å². The number of anilines is 1. The van der Waals surface area contributed by atoms with Crippen LogP contribution in [0.25, 0.3) is 10.4 Å². The van der Waals surface area contributed by atoms with Crippen molar-refractivity contribution in [2.24, 2.45) is 0 Å². The number of imide groups is 1. The molecule has 0 atom stereocenters. The molecular weight excluding hydrogens is 637 g/mol. The van der Waals surface area contributed by atoms with Crippen LogP contribution in [0.5, 0.6) is 0 Å². The summed E-state index contributed by atoms with van der Waals surface area (Å²) >= 11 is 13.7. The van der Waals surface area contributed by atoms with Gasteiger partial charge in [-0.25, -0.2) is 4.90 Å². The van der Waals surface area contributed by atoms with E-state index in [9.17, 15) is 14.4 Å². The maximum atomic E-state index is 14.5. The minimum Gasteiger partial charge on any atom is -0.297 e. The highest BCUT2D eigenvalue weighted by Gasteiger charge is 2.41. The summed E-state index contributed by atoms with van der Waals surface area (Å²) in [4.78, 5) is 48.9. The van der Waals surface area contributed by atoms with Crippen LogP contribution >= 0.6 is 34.5 Å². The highest BCUT2D eigenvalue weighted by Crippen LogP contribution is 2.46. The zero-order valence-corrected chi connectivity index (χ0v) is 27.1. The van der Waals surface area contributed by atoms with Gasteiger partial charge in [0.1, 0.15) is 5.00 Å². The van der Waals surface area contributed by atoms with Crippen molar-refractivity contribution in [2.75, 3.05) is 31.1 Å². The fourth-order valence-electron chi connectivity index (χ4n) is 6.12. The van der Waals surface area contributed by atoms with E-state index >= 15 is 0 Å². The summed E-state index contributed by atoms with van der Waals surface area (Å²) in [5.41, 5.74) is 4.37. The third-order valence-electron chi connectivity index (χ3n) is 8.52. The van der Waals surface area contributed by atoms with Crippen molar-refractivity contribution in [3.63, 3.8) is 0 Å². The van der Waals surface area contributed by atoms with Crippen molar-refractivity contribution in [2.45, 2.75) is 13.1 Å². The Morgan fingerprint density at radius 2 is 1.17 bits per heavy atom. The van der Waals surface area contributed by atoms with Crippen molar-refractivity contribution in [3.8, 4) is 10.4 Å². The van der Waals surface area contributed by atoms with Crippen LogP contribution in [0.15, 0.2) is 103 Å². The predicted molar refractivity (Wildman–Crippen MR) is 184 cm³/mol. The summed E-state index contributed by atoms with van der Waals surface area (Å²) in [5, 5.41) is 1.43. The molecule has 3 heterocycles. The molecule has 0 spiro atoms. The van der Waals surface area contributed by atoms with Crippen LogP contribution < -0.4 is 4.90 Å². The van der Waals surface area contributed by atoms with Gasteiger partial charge in [0.15, 0.2) is 5.78 Å². The molecule has 9 heteroatoms. The van der Waals surface area contributed by atoms with Gasteiger partial charge in [0.25, 0.3) is 11.8 Å². The van der Waals surface area contributed by atoms with Crippen LogP contribution in [-0.2, 0) is 13.1 Å². The topological polar surface area (TPSA) is 60.9 Å². The van der Waals surface area contributed by atoms with E-state index in [1.54, 1.807) is 48.5 Å². The van der Waals surface area contributed by atoms with Gasteiger partial charge in [-0.1, -0.05) is 77.8 Å². The summed E-state index contributed by atoms with van der Waals surface area (Å²) in [6, 6.07) is 31.4. The highest BCUT2D eigenvalue weighted by atomic mass is 35.5. The van der Waals surface area contributed by atoms with Crippen molar-refractivity contribution >= 4 is 57.1 Å². The molecular formula is C37H29Cl2N3O3S. The van der Waals surface area contributed by atoms with E-state index < -0.39 is 11.8 Å². The summed E-state index contributed by atoms with van der Waals surface area (Å²) < 4.78 is 0. The van der Waals surface area contributed by atoms with E-state index in [0.29, 0.717) is 43.8 Å². The quantitative estimate of drug-likeness (QED) is 0.124. The Balaban J connectivity index is 1.31. The number of halogens is 2. The van der Waals surface area contributed by atoms with Crippen LogP contribution in [0, 0.1) is 0 Å². The number of carbonyl (C=O) groups is 3. The van der Waals surface area contributed by atoms with Gasteiger partial charge in [0, 0.05) is 59.8 Å². The Kier molecular flexibility index (Phi) is 8.60. The van der Waals surface area contributed by atoms with Crippen molar-refractivity contribution in [1.82, 2.24) is 9.80 Å². The summed E-state index contributed by atoms with van der Waals surface area (Å²) in [5.74, 6) is -1.14. The minimum atomic E-state index is -0.435. The normalized spacial score (nSPS) is 15.4. The lowest BCUT2D eigenvalue weighted by molar-refractivity contribution is 0.0927. The maximum absolute atomic E-state index is 14.5. The molecule has 230 valence electrons. The number of rotatable bonds is 8. The van der Waals surface area contributed by atoms with E-state index in [1.165, 1.54) is 21.8 Å². The summed E-state index contributed by atoms with van der Waals surface area (Å²) in [6.07, 6.45) is 0. The van der Waals surface area contributed by atoms with E-state index in [2.05, 4.69) is 34.1 Å². The van der Waals surface area contributed by atoms with Crippen LogP contribution in [0.4, 0.5) is 5.00 Å². The first-order valence-corrected chi connectivity index (χ1v) is 16.6. The SMILES string of the molecule is O=C(c1ccc(Cl)cc1)c1c(N2C(=O)c3ccccc3C2=O)sc(-c2ccc(Cl)cc2)c1CN1CCN(Cc2ccccc2)CC1. The van der Waals surface area contributed by atoms with Gasteiger partial charge < -0.3 is 0 Å². The Bertz CT molecular complexity index is 1900.